The first-order valence-electron chi connectivity index (χ1n) is 8.92. The van der Waals surface area contributed by atoms with E-state index in [1.807, 2.05) is 0 Å². The summed E-state index contributed by atoms with van der Waals surface area (Å²) in [5.74, 6) is 0.415. The van der Waals surface area contributed by atoms with Gasteiger partial charge in [0.25, 0.3) is 11.5 Å². The van der Waals surface area contributed by atoms with Crippen molar-refractivity contribution in [3.05, 3.63) is 64.6 Å². The number of hydrazine groups is 1. The van der Waals surface area contributed by atoms with Crippen molar-refractivity contribution in [1.29, 1.82) is 0 Å². The van der Waals surface area contributed by atoms with Crippen LogP contribution in [-0.4, -0.2) is 35.7 Å². The Morgan fingerprint density at radius 3 is 2.41 bits per heavy atom. The maximum atomic E-state index is 12.3. The number of benzene rings is 2. The lowest BCUT2D eigenvalue weighted by Gasteiger charge is -2.09. The summed E-state index contributed by atoms with van der Waals surface area (Å²) in [6, 6.07) is 13.7. The molecule has 0 fully saturated rings. The summed E-state index contributed by atoms with van der Waals surface area (Å²) in [5.41, 5.74) is 4.26. The number of aromatic amines is 1. The van der Waals surface area contributed by atoms with Gasteiger partial charge >= 0.3 is 0 Å². The second-order valence-corrected chi connectivity index (χ2v) is 6.08. The lowest BCUT2D eigenvalue weighted by Crippen LogP contribution is -2.42. The molecule has 29 heavy (non-hydrogen) atoms. The molecule has 9 nitrogen and oxygen atoms in total. The molecule has 150 valence electrons. The summed E-state index contributed by atoms with van der Waals surface area (Å²) in [7, 11) is 1.59. The van der Waals surface area contributed by atoms with Gasteiger partial charge in [-0.3, -0.25) is 25.2 Å². The van der Waals surface area contributed by atoms with Gasteiger partial charge in [0, 0.05) is 11.8 Å². The average molecular weight is 396 g/mol. The smallest absolute Gasteiger partial charge is 0.290 e. The summed E-state index contributed by atoms with van der Waals surface area (Å²) >= 11 is 0. The van der Waals surface area contributed by atoms with Crippen LogP contribution in [0.3, 0.4) is 0 Å². The third-order valence-electron chi connectivity index (χ3n) is 4.10. The standard InChI is InChI=1S/C20H20N4O5/c1-28-13-8-10-14(11-9-13)29-12-4-7-17(25)21-24-20(27)18-15-5-2-3-6-16(15)19(26)23-22-18/h2-3,5-6,8-11H,4,7,12H2,1H3,(H,21,25)(H,23,26)(H,24,27). The number of hydrogen-bond acceptors (Lipinski definition) is 6. The van der Waals surface area contributed by atoms with Gasteiger partial charge in [-0.05, 0) is 36.8 Å². The van der Waals surface area contributed by atoms with Crippen molar-refractivity contribution in [3.63, 3.8) is 0 Å². The van der Waals surface area contributed by atoms with Crippen LogP contribution >= 0.6 is 0 Å². The number of H-pyrrole nitrogens is 1. The van der Waals surface area contributed by atoms with Crippen molar-refractivity contribution < 1.29 is 19.1 Å². The van der Waals surface area contributed by atoms with E-state index in [0.29, 0.717) is 29.5 Å². The highest BCUT2D eigenvalue weighted by Gasteiger charge is 2.14. The molecule has 0 atom stereocenters. The molecule has 3 aromatic rings. The van der Waals surface area contributed by atoms with E-state index in [0.717, 1.165) is 5.75 Å². The molecule has 2 aromatic carbocycles. The molecular weight excluding hydrogens is 376 g/mol. The van der Waals surface area contributed by atoms with Crippen molar-refractivity contribution in [1.82, 2.24) is 21.0 Å². The van der Waals surface area contributed by atoms with Gasteiger partial charge in [0.2, 0.25) is 5.91 Å². The number of fused-ring (bicyclic) bond motifs is 1. The fraction of sp³-hybridized carbons (Fsp3) is 0.200. The number of amides is 2. The minimum absolute atomic E-state index is 0.0170. The van der Waals surface area contributed by atoms with Crippen LogP contribution in [-0.2, 0) is 4.79 Å². The third-order valence-corrected chi connectivity index (χ3v) is 4.10. The Bertz CT molecular complexity index is 1060. The zero-order valence-corrected chi connectivity index (χ0v) is 15.7. The van der Waals surface area contributed by atoms with Gasteiger partial charge in [-0.1, -0.05) is 18.2 Å². The average Bonchev–Trinajstić information content (AvgIpc) is 2.76. The van der Waals surface area contributed by atoms with E-state index in [2.05, 4.69) is 21.0 Å². The maximum absolute atomic E-state index is 12.3. The van der Waals surface area contributed by atoms with Crippen LogP contribution in [0.2, 0.25) is 0 Å². The summed E-state index contributed by atoms with van der Waals surface area (Å²) < 4.78 is 10.6. The summed E-state index contributed by atoms with van der Waals surface area (Å²) in [5, 5.41) is 6.79. The minimum Gasteiger partial charge on any atom is -0.497 e. The number of methoxy groups -OCH3 is 1. The van der Waals surface area contributed by atoms with Crippen LogP contribution in [0.5, 0.6) is 11.5 Å². The second kappa shape index (κ2) is 9.36. The van der Waals surface area contributed by atoms with Crippen LogP contribution in [0.15, 0.2) is 53.3 Å². The Labute approximate surface area is 166 Å². The molecular formula is C20H20N4O5. The number of carbonyl (C=O) groups excluding carboxylic acids is 2. The lowest BCUT2D eigenvalue weighted by molar-refractivity contribution is -0.122. The molecule has 1 aromatic heterocycles. The first-order valence-corrected chi connectivity index (χ1v) is 8.92. The predicted octanol–water partition coefficient (Wildman–Crippen LogP) is 1.55. The molecule has 0 unspecified atom stereocenters. The fourth-order valence-corrected chi connectivity index (χ4v) is 2.63. The Morgan fingerprint density at radius 2 is 1.69 bits per heavy atom. The highest BCUT2D eigenvalue weighted by Crippen LogP contribution is 2.17. The van der Waals surface area contributed by atoms with Gasteiger partial charge in [-0.25, -0.2) is 5.10 Å². The number of nitrogens with one attached hydrogen (secondary N) is 3. The monoisotopic (exact) mass is 396 g/mol. The molecule has 0 radical (unpaired) electrons. The normalized spacial score (nSPS) is 10.4. The summed E-state index contributed by atoms with van der Waals surface area (Å²) in [6.07, 6.45) is 0.629. The Balaban J connectivity index is 1.45. The fourth-order valence-electron chi connectivity index (χ4n) is 2.63. The maximum Gasteiger partial charge on any atom is 0.290 e. The molecule has 0 aliphatic rings. The molecule has 1 heterocycles. The number of aromatic nitrogens is 2. The van der Waals surface area contributed by atoms with Crippen molar-refractivity contribution >= 4 is 22.6 Å². The van der Waals surface area contributed by atoms with E-state index in [1.165, 1.54) is 0 Å². The Morgan fingerprint density at radius 1 is 1.00 bits per heavy atom. The second-order valence-electron chi connectivity index (χ2n) is 6.08. The van der Waals surface area contributed by atoms with Crippen molar-refractivity contribution in [2.24, 2.45) is 0 Å². The zero-order valence-electron chi connectivity index (χ0n) is 15.7. The summed E-state index contributed by atoms with van der Waals surface area (Å²) in [6.45, 7) is 0.347. The Kier molecular flexibility index (Phi) is 6.41. The first kappa shape index (κ1) is 19.9. The predicted molar refractivity (Wildman–Crippen MR) is 106 cm³/mol. The first-order chi connectivity index (χ1) is 14.1. The quantitative estimate of drug-likeness (QED) is 0.411. The SMILES string of the molecule is COc1ccc(OCCCC(=O)NNC(=O)c2n[nH]c(=O)c3ccccc23)cc1. The van der Waals surface area contributed by atoms with E-state index >= 15 is 0 Å². The molecule has 9 heteroatoms. The number of carbonyl (C=O) groups is 2. The molecule has 0 spiro atoms. The minimum atomic E-state index is -0.625. The largest absolute Gasteiger partial charge is 0.497 e. The Hall–Kier alpha value is -3.88. The van der Waals surface area contributed by atoms with Gasteiger partial charge in [0.05, 0.1) is 19.1 Å². The van der Waals surface area contributed by atoms with E-state index in [4.69, 9.17) is 9.47 Å². The molecule has 0 bridgehead atoms. The zero-order chi connectivity index (χ0) is 20.6. The number of nitrogens with zero attached hydrogens (tertiary/aromatic N) is 1. The number of rotatable bonds is 7. The molecule has 2 amide bonds. The number of ether oxygens (including phenoxy) is 2. The van der Waals surface area contributed by atoms with Crippen LogP contribution in [0.4, 0.5) is 0 Å². The van der Waals surface area contributed by atoms with Crippen LogP contribution < -0.4 is 25.9 Å². The van der Waals surface area contributed by atoms with E-state index in [1.54, 1.807) is 55.6 Å². The lowest BCUT2D eigenvalue weighted by atomic mass is 10.1. The van der Waals surface area contributed by atoms with Crippen LogP contribution in [0.1, 0.15) is 23.3 Å². The van der Waals surface area contributed by atoms with Crippen LogP contribution in [0, 0.1) is 0 Å². The molecule has 0 aliphatic carbocycles. The van der Waals surface area contributed by atoms with Gasteiger partial charge in [-0.2, -0.15) is 5.10 Å². The van der Waals surface area contributed by atoms with E-state index < -0.39 is 11.5 Å². The highest BCUT2D eigenvalue weighted by atomic mass is 16.5. The van der Waals surface area contributed by atoms with E-state index in [-0.39, 0.29) is 18.0 Å². The molecule has 3 N–H and O–H groups in total. The number of hydrogen-bond donors (Lipinski definition) is 3. The van der Waals surface area contributed by atoms with Crippen molar-refractivity contribution in [2.75, 3.05) is 13.7 Å². The van der Waals surface area contributed by atoms with Gasteiger partial charge in [0.1, 0.15) is 11.5 Å². The summed E-state index contributed by atoms with van der Waals surface area (Å²) in [4.78, 5) is 36.0. The topological polar surface area (TPSA) is 122 Å². The van der Waals surface area contributed by atoms with E-state index in [9.17, 15) is 14.4 Å². The molecule has 0 aliphatic heterocycles. The van der Waals surface area contributed by atoms with Gasteiger partial charge in [0.15, 0.2) is 5.69 Å². The highest BCUT2D eigenvalue weighted by molar-refractivity contribution is 6.05. The van der Waals surface area contributed by atoms with Crippen molar-refractivity contribution in [3.8, 4) is 11.5 Å². The van der Waals surface area contributed by atoms with Gasteiger partial charge < -0.3 is 9.47 Å². The molecule has 3 rings (SSSR count). The molecule has 0 saturated heterocycles. The molecule has 0 saturated carbocycles. The van der Waals surface area contributed by atoms with Gasteiger partial charge in [-0.15, -0.1) is 0 Å². The van der Waals surface area contributed by atoms with Crippen molar-refractivity contribution in [2.45, 2.75) is 12.8 Å². The van der Waals surface area contributed by atoms with Crippen LogP contribution in [0.25, 0.3) is 10.8 Å². The third kappa shape index (κ3) is 5.10.